The molecule has 2 aromatic carbocycles. The maximum absolute atomic E-state index is 13.6. The van der Waals surface area contributed by atoms with Crippen molar-refractivity contribution in [3.8, 4) is 27.9 Å². The Morgan fingerprint density at radius 3 is 2.22 bits per heavy atom. The van der Waals surface area contributed by atoms with E-state index in [1.165, 1.54) is 26.8 Å². The minimum absolute atomic E-state index is 0.190. The molecule has 2 aliphatic carbocycles. The fourth-order valence-corrected chi connectivity index (χ4v) is 5.15. The van der Waals surface area contributed by atoms with Crippen molar-refractivity contribution >= 4 is 16.7 Å². The van der Waals surface area contributed by atoms with Crippen molar-refractivity contribution in [1.29, 1.82) is 0 Å². The summed E-state index contributed by atoms with van der Waals surface area (Å²) in [6.45, 7) is 6.37. The van der Waals surface area contributed by atoms with E-state index < -0.39 is 0 Å². The maximum Gasteiger partial charge on any atom is 0.266 e. The molecular weight excluding hydrogens is 396 g/mol. The lowest BCUT2D eigenvalue weighted by molar-refractivity contribution is 0.103. The van der Waals surface area contributed by atoms with Gasteiger partial charge in [-0.25, -0.2) is 4.98 Å². The van der Waals surface area contributed by atoms with Gasteiger partial charge in [0.2, 0.25) is 5.78 Å². The molecule has 4 nitrogen and oxygen atoms in total. The maximum atomic E-state index is 13.6. The fraction of sp³-hybridized carbons (Fsp3) is 0.107. The van der Waals surface area contributed by atoms with E-state index >= 15 is 0 Å². The van der Waals surface area contributed by atoms with Gasteiger partial charge in [-0.2, -0.15) is 0 Å². The Kier molecular flexibility index (Phi) is 3.78. The third-order valence-corrected chi connectivity index (χ3v) is 6.41. The van der Waals surface area contributed by atoms with Crippen LogP contribution in [0.4, 0.5) is 0 Å². The van der Waals surface area contributed by atoms with Crippen molar-refractivity contribution in [2.75, 3.05) is 0 Å². The van der Waals surface area contributed by atoms with Gasteiger partial charge in [-0.3, -0.25) is 14.2 Å². The highest BCUT2D eigenvalue weighted by Crippen LogP contribution is 2.36. The van der Waals surface area contributed by atoms with Crippen molar-refractivity contribution in [3.05, 3.63) is 105 Å². The molecule has 0 fully saturated rings. The minimum Gasteiger partial charge on any atom is -0.285 e. The summed E-state index contributed by atoms with van der Waals surface area (Å²) in [6, 6.07) is 21.7. The topological polar surface area (TPSA) is 52.0 Å². The fourth-order valence-electron chi connectivity index (χ4n) is 5.15. The van der Waals surface area contributed by atoms with Crippen LogP contribution in [0.1, 0.15) is 32.9 Å². The third kappa shape index (κ3) is 2.47. The highest BCUT2D eigenvalue weighted by atomic mass is 16.1. The predicted molar refractivity (Wildman–Crippen MR) is 127 cm³/mol. The van der Waals surface area contributed by atoms with Gasteiger partial charge in [0.05, 0.1) is 22.2 Å². The number of hydrogen-bond donors (Lipinski definition) is 0. The van der Waals surface area contributed by atoms with Crippen molar-refractivity contribution in [2.24, 2.45) is 0 Å². The van der Waals surface area contributed by atoms with Crippen LogP contribution in [0, 0.1) is 20.8 Å². The number of ketones is 1. The second-order valence-corrected chi connectivity index (χ2v) is 8.59. The van der Waals surface area contributed by atoms with E-state index in [0.29, 0.717) is 22.2 Å². The van der Waals surface area contributed by atoms with E-state index in [9.17, 15) is 9.59 Å². The molecule has 154 valence electrons. The Hall–Kier alpha value is -4.05. The van der Waals surface area contributed by atoms with E-state index in [4.69, 9.17) is 0 Å². The SMILES string of the molecule is Cc1cc(C)c(-c2ccc3cc4nc5n(c(=O)c4c-3cc2)-c2ccccc2C5=O)c(C)c1. The number of rotatable bonds is 1. The molecule has 0 N–H and O–H groups in total. The molecule has 3 aliphatic rings. The molecule has 0 unspecified atom stereocenters. The van der Waals surface area contributed by atoms with Gasteiger partial charge in [0, 0.05) is 0 Å². The number of nitrogens with zero attached hydrogens (tertiary/aromatic N) is 2. The smallest absolute Gasteiger partial charge is 0.266 e. The summed E-state index contributed by atoms with van der Waals surface area (Å²) in [4.78, 5) is 31.0. The second kappa shape index (κ2) is 6.47. The molecule has 3 aromatic rings. The molecule has 0 radical (unpaired) electrons. The van der Waals surface area contributed by atoms with Crippen LogP contribution in [0.2, 0.25) is 0 Å². The first-order valence-electron chi connectivity index (χ1n) is 10.7. The van der Waals surface area contributed by atoms with Crippen LogP contribution in [-0.4, -0.2) is 15.3 Å². The quantitative estimate of drug-likeness (QED) is 0.349. The molecule has 4 heteroatoms. The van der Waals surface area contributed by atoms with Crippen LogP contribution in [-0.2, 0) is 0 Å². The summed E-state index contributed by atoms with van der Waals surface area (Å²) < 4.78 is 1.46. The molecule has 32 heavy (non-hydrogen) atoms. The van der Waals surface area contributed by atoms with E-state index in [1.54, 1.807) is 18.2 Å². The molecule has 0 amide bonds. The molecule has 1 aromatic heterocycles. The first-order valence-corrected chi connectivity index (χ1v) is 10.7. The Morgan fingerprint density at radius 1 is 0.750 bits per heavy atom. The number of carbonyl (C=O) groups is 1. The van der Waals surface area contributed by atoms with Gasteiger partial charge in [0.15, 0.2) is 5.82 Å². The number of benzene rings is 2. The normalized spacial score (nSPS) is 12.4. The van der Waals surface area contributed by atoms with Crippen LogP contribution in [0.3, 0.4) is 0 Å². The summed E-state index contributed by atoms with van der Waals surface area (Å²) >= 11 is 0. The van der Waals surface area contributed by atoms with Crippen molar-refractivity contribution in [1.82, 2.24) is 9.55 Å². The molecule has 0 atom stereocenters. The summed E-state index contributed by atoms with van der Waals surface area (Å²) in [6.07, 6.45) is 0. The van der Waals surface area contributed by atoms with Gasteiger partial charge < -0.3 is 0 Å². The van der Waals surface area contributed by atoms with Crippen LogP contribution >= 0.6 is 0 Å². The molecule has 0 saturated heterocycles. The lowest BCUT2D eigenvalue weighted by Crippen LogP contribution is -2.21. The number of fused-ring (bicyclic) bond motifs is 6. The Balaban J connectivity index is 1.63. The van der Waals surface area contributed by atoms with Gasteiger partial charge in [0.25, 0.3) is 5.56 Å². The van der Waals surface area contributed by atoms with Gasteiger partial charge in [0.1, 0.15) is 0 Å². The number of aromatic nitrogens is 2. The summed E-state index contributed by atoms with van der Waals surface area (Å²) in [5.41, 5.74) is 9.30. The van der Waals surface area contributed by atoms with Crippen LogP contribution in [0.5, 0.6) is 0 Å². The lowest BCUT2D eigenvalue weighted by Gasteiger charge is -2.10. The summed E-state index contributed by atoms with van der Waals surface area (Å²) in [7, 11) is 0. The Morgan fingerprint density at radius 2 is 1.44 bits per heavy atom. The number of aryl methyl sites for hydroxylation is 3. The number of hydrogen-bond acceptors (Lipinski definition) is 3. The zero-order chi connectivity index (χ0) is 22.1. The molecule has 1 aliphatic heterocycles. The van der Waals surface area contributed by atoms with Crippen LogP contribution in [0.15, 0.2) is 71.5 Å². The minimum atomic E-state index is -0.206. The highest BCUT2D eigenvalue weighted by Gasteiger charge is 2.31. The molecule has 2 heterocycles. The monoisotopic (exact) mass is 416 g/mol. The zero-order valence-electron chi connectivity index (χ0n) is 18.1. The third-order valence-electron chi connectivity index (χ3n) is 6.41. The van der Waals surface area contributed by atoms with Crippen LogP contribution < -0.4 is 5.56 Å². The van der Waals surface area contributed by atoms with Gasteiger partial charge in [-0.15, -0.1) is 0 Å². The van der Waals surface area contributed by atoms with Crippen molar-refractivity contribution in [3.63, 3.8) is 0 Å². The zero-order valence-corrected chi connectivity index (χ0v) is 18.1. The number of para-hydroxylation sites is 1. The van der Waals surface area contributed by atoms with Crippen molar-refractivity contribution in [2.45, 2.75) is 20.8 Å². The first kappa shape index (κ1) is 18.7. The molecule has 0 saturated carbocycles. The average Bonchev–Trinajstić information content (AvgIpc) is 3.17. The van der Waals surface area contributed by atoms with Gasteiger partial charge in [-0.05, 0) is 72.4 Å². The largest absolute Gasteiger partial charge is 0.285 e. The van der Waals surface area contributed by atoms with E-state index in [2.05, 4.69) is 50.0 Å². The van der Waals surface area contributed by atoms with E-state index in [-0.39, 0.29) is 17.2 Å². The van der Waals surface area contributed by atoms with Crippen LogP contribution in [0.25, 0.3) is 38.8 Å². The van der Waals surface area contributed by atoms with E-state index in [1.807, 2.05) is 24.3 Å². The number of carbonyl (C=O) groups excluding carboxylic acids is 1. The average molecular weight is 416 g/mol. The lowest BCUT2D eigenvalue weighted by atomic mass is 9.95. The summed E-state index contributed by atoms with van der Waals surface area (Å²) in [5.74, 6) is -0.0157. The first-order chi connectivity index (χ1) is 15.4. The highest BCUT2D eigenvalue weighted by molar-refractivity contribution is 6.14. The predicted octanol–water partition coefficient (Wildman–Crippen LogP) is 5.63. The van der Waals surface area contributed by atoms with Gasteiger partial charge in [-0.1, -0.05) is 54.1 Å². The Labute approximate surface area is 185 Å². The second-order valence-electron chi connectivity index (χ2n) is 8.59. The molecule has 6 rings (SSSR count). The van der Waals surface area contributed by atoms with Gasteiger partial charge >= 0.3 is 0 Å². The van der Waals surface area contributed by atoms with E-state index in [0.717, 1.165) is 16.7 Å². The summed E-state index contributed by atoms with van der Waals surface area (Å²) in [5, 5.41) is 0.549. The Bertz CT molecular complexity index is 1620. The van der Waals surface area contributed by atoms with Crippen molar-refractivity contribution < 1.29 is 4.79 Å². The molecule has 0 bridgehead atoms. The molecular formula is C28H20N2O2. The standard InChI is InChI=1S/C28H20N2O2/c1-15-12-16(2)24(17(3)13-15)18-8-9-19-14-22-25(20(19)11-10-18)28(32)30-23-7-5-4-6-21(23)26(31)27(30)29-22/h4-14H,1-3H3. The molecule has 0 spiro atoms.